The van der Waals surface area contributed by atoms with Crippen molar-refractivity contribution in [1.29, 1.82) is 0 Å². The van der Waals surface area contributed by atoms with E-state index in [1.807, 2.05) is 24.3 Å². The lowest BCUT2D eigenvalue weighted by atomic mass is 10.3. The van der Waals surface area contributed by atoms with Crippen molar-refractivity contribution in [1.82, 2.24) is 15.0 Å². The molecule has 15 heavy (non-hydrogen) atoms. The molecule has 0 saturated heterocycles. The highest BCUT2D eigenvalue weighted by molar-refractivity contribution is 5.82. The molecule has 0 radical (unpaired) electrons. The third kappa shape index (κ3) is 1.62. The minimum absolute atomic E-state index is 0.0723. The normalized spacial score (nSPS) is 10.5. The van der Waals surface area contributed by atoms with Crippen LogP contribution in [-0.4, -0.2) is 15.5 Å². The fraction of sp³-hybridized carbons (Fsp3) is 0.111. The van der Waals surface area contributed by atoms with Gasteiger partial charge in [0.2, 0.25) is 5.95 Å². The number of carbonyl (C=O) groups excluding carboxylic acids is 1. The quantitative estimate of drug-likeness (QED) is 0.353. The van der Waals surface area contributed by atoms with Gasteiger partial charge in [-0.2, -0.15) is 0 Å². The predicted molar refractivity (Wildman–Crippen MR) is 56.5 cm³/mol. The molecule has 0 aliphatic heterocycles. The Morgan fingerprint density at radius 1 is 1.47 bits per heavy atom. The molecule has 1 amide bonds. The van der Waals surface area contributed by atoms with Gasteiger partial charge in [-0.1, -0.05) is 12.1 Å². The van der Waals surface area contributed by atoms with Gasteiger partial charge in [-0.3, -0.25) is 10.2 Å². The maximum absolute atomic E-state index is 11.1. The second-order valence-corrected chi connectivity index (χ2v) is 3.11. The highest BCUT2D eigenvalue weighted by Gasteiger charge is 2.09. The molecule has 78 valence electrons. The van der Waals surface area contributed by atoms with E-state index >= 15 is 0 Å². The lowest BCUT2D eigenvalue weighted by molar-refractivity contribution is -0.121. The first kappa shape index (κ1) is 9.47. The van der Waals surface area contributed by atoms with Gasteiger partial charge in [0, 0.05) is 0 Å². The zero-order valence-electron chi connectivity index (χ0n) is 7.97. The third-order valence-corrected chi connectivity index (χ3v) is 2.15. The van der Waals surface area contributed by atoms with Crippen molar-refractivity contribution in [2.45, 2.75) is 6.54 Å². The summed E-state index contributed by atoms with van der Waals surface area (Å²) in [5, 5.41) is 0. The van der Waals surface area contributed by atoms with Gasteiger partial charge in [0.15, 0.2) is 0 Å². The molecule has 5 N–H and O–H groups in total. The van der Waals surface area contributed by atoms with Gasteiger partial charge in [0.25, 0.3) is 5.91 Å². The molecule has 6 heteroatoms. The topological polar surface area (TPSA) is 99.0 Å². The molecule has 0 saturated carbocycles. The number of nitrogen functional groups attached to an aromatic ring is 1. The van der Waals surface area contributed by atoms with Crippen LogP contribution in [0.1, 0.15) is 0 Å². The second kappa shape index (κ2) is 3.58. The van der Waals surface area contributed by atoms with Crippen molar-refractivity contribution in [3.05, 3.63) is 24.3 Å². The lowest BCUT2D eigenvalue weighted by Gasteiger charge is -2.04. The standard InChI is InChI=1S/C9H11N5O/c10-9-12-6-3-1-2-4-7(6)14(9)5-8(15)13-11/h1-4H,5,11H2,(H2,10,12)(H,13,15). The van der Waals surface area contributed by atoms with E-state index in [-0.39, 0.29) is 12.5 Å². The second-order valence-electron chi connectivity index (χ2n) is 3.11. The van der Waals surface area contributed by atoms with Crippen LogP contribution in [-0.2, 0) is 11.3 Å². The van der Waals surface area contributed by atoms with E-state index in [0.29, 0.717) is 5.95 Å². The molecule has 1 aromatic heterocycles. The number of nitrogens with one attached hydrogen (secondary N) is 1. The number of hydrogen-bond donors (Lipinski definition) is 3. The summed E-state index contributed by atoms with van der Waals surface area (Å²) in [4.78, 5) is 15.3. The molecular weight excluding hydrogens is 194 g/mol. The van der Waals surface area contributed by atoms with Crippen molar-refractivity contribution in [3.63, 3.8) is 0 Å². The number of anilines is 1. The Balaban J connectivity index is 2.49. The minimum atomic E-state index is -0.315. The zero-order chi connectivity index (χ0) is 10.8. The number of amides is 1. The summed E-state index contributed by atoms with van der Waals surface area (Å²) in [7, 11) is 0. The van der Waals surface area contributed by atoms with Crippen LogP contribution < -0.4 is 17.0 Å². The fourth-order valence-corrected chi connectivity index (χ4v) is 1.45. The molecule has 1 aromatic carbocycles. The molecule has 0 spiro atoms. The van der Waals surface area contributed by atoms with Crippen molar-refractivity contribution in [2.75, 3.05) is 5.73 Å². The Hall–Kier alpha value is -2.08. The van der Waals surface area contributed by atoms with Crippen LogP contribution in [0.3, 0.4) is 0 Å². The molecule has 2 rings (SSSR count). The van der Waals surface area contributed by atoms with Gasteiger partial charge in [0.1, 0.15) is 6.54 Å². The Labute approximate surface area is 85.8 Å². The van der Waals surface area contributed by atoms with E-state index in [2.05, 4.69) is 10.4 Å². The molecule has 0 bridgehead atoms. The van der Waals surface area contributed by atoms with Crippen LogP contribution in [0.5, 0.6) is 0 Å². The number of imidazole rings is 1. The third-order valence-electron chi connectivity index (χ3n) is 2.15. The summed E-state index contributed by atoms with van der Waals surface area (Å²) in [6.45, 7) is 0.0723. The Bertz CT molecular complexity index is 504. The maximum atomic E-state index is 11.1. The Morgan fingerprint density at radius 2 is 2.20 bits per heavy atom. The molecule has 2 aromatic rings. The minimum Gasteiger partial charge on any atom is -0.369 e. The van der Waals surface area contributed by atoms with E-state index in [4.69, 9.17) is 11.6 Å². The average molecular weight is 205 g/mol. The molecular formula is C9H11N5O. The van der Waals surface area contributed by atoms with E-state index in [0.717, 1.165) is 11.0 Å². The van der Waals surface area contributed by atoms with Crippen molar-refractivity contribution in [2.24, 2.45) is 5.84 Å². The number of carbonyl (C=O) groups is 1. The SMILES string of the molecule is NNC(=O)Cn1c(N)nc2ccccc21. The summed E-state index contributed by atoms with van der Waals surface area (Å²) in [5.41, 5.74) is 9.32. The van der Waals surface area contributed by atoms with Crippen LogP contribution >= 0.6 is 0 Å². The summed E-state index contributed by atoms with van der Waals surface area (Å²) in [5.74, 6) is 5.00. The number of hydrazine groups is 1. The van der Waals surface area contributed by atoms with Crippen LogP contribution in [0.2, 0.25) is 0 Å². The fourth-order valence-electron chi connectivity index (χ4n) is 1.45. The van der Waals surface area contributed by atoms with E-state index in [1.165, 1.54) is 0 Å². The van der Waals surface area contributed by atoms with Crippen LogP contribution in [0.15, 0.2) is 24.3 Å². The zero-order valence-corrected chi connectivity index (χ0v) is 7.97. The number of nitrogens with zero attached hydrogens (tertiary/aromatic N) is 2. The first-order chi connectivity index (χ1) is 7.22. The first-order valence-corrected chi connectivity index (χ1v) is 4.42. The average Bonchev–Trinajstić information content (AvgIpc) is 2.55. The number of benzene rings is 1. The molecule has 0 fully saturated rings. The Kier molecular flexibility index (Phi) is 2.26. The van der Waals surface area contributed by atoms with Crippen molar-refractivity contribution in [3.8, 4) is 0 Å². The molecule has 1 heterocycles. The van der Waals surface area contributed by atoms with Crippen LogP contribution in [0.4, 0.5) is 5.95 Å². The molecule has 0 aliphatic carbocycles. The highest BCUT2D eigenvalue weighted by atomic mass is 16.2. The number of para-hydroxylation sites is 2. The highest BCUT2D eigenvalue weighted by Crippen LogP contribution is 2.16. The monoisotopic (exact) mass is 205 g/mol. The Morgan fingerprint density at radius 3 is 2.93 bits per heavy atom. The number of nitrogens with two attached hydrogens (primary N) is 2. The van der Waals surface area contributed by atoms with Crippen LogP contribution in [0.25, 0.3) is 11.0 Å². The van der Waals surface area contributed by atoms with E-state index in [9.17, 15) is 4.79 Å². The largest absolute Gasteiger partial charge is 0.369 e. The molecule has 0 atom stereocenters. The van der Waals surface area contributed by atoms with Crippen molar-refractivity contribution >= 4 is 22.9 Å². The first-order valence-electron chi connectivity index (χ1n) is 4.42. The predicted octanol–water partition coefficient (Wildman–Crippen LogP) is -0.392. The number of fused-ring (bicyclic) bond motifs is 1. The van der Waals surface area contributed by atoms with Gasteiger partial charge < -0.3 is 10.3 Å². The molecule has 0 unspecified atom stereocenters. The summed E-state index contributed by atoms with van der Waals surface area (Å²) < 4.78 is 1.61. The maximum Gasteiger partial charge on any atom is 0.253 e. The summed E-state index contributed by atoms with van der Waals surface area (Å²) in [6.07, 6.45) is 0. The lowest BCUT2D eigenvalue weighted by Crippen LogP contribution is -2.33. The van der Waals surface area contributed by atoms with Gasteiger partial charge in [-0.15, -0.1) is 0 Å². The molecule has 0 aliphatic rings. The van der Waals surface area contributed by atoms with Crippen LogP contribution in [0, 0.1) is 0 Å². The summed E-state index contributed by atoms with van der Waals surface area (Å²) in [6, 6.07) is 7.41. The number of rotatable bonds is 2. The number of hydrogen-bond acceptors (Lipinski definition) is 4. The molecule has 6 nitrogen and oxygen atoms in total. The summed E-state index contributed by atoms with van der Waals surface area (Å²) >= 11 is 0. The van der Waals surface area contributed by atoms with E-state index < -0.39 is 0 Å². The smallest absolute Gasteiger partial charge is 0.253 e. The van der Waals surface area contributed by atoms with Gasteiger partial charge in [0.05, 0.1) is 11.0 Å². The van der Waals surface area contributed by atoms with E-state index in [1.54, 1.807) is 4.57 Å². The van der Waals surface area contributed by atoms with Crippen molar-refractivity contribution < 1.29 is 4.79 Å². The van der Waals surface area contributed by atoms with Gasteiger partial charge in [-0.05, 0) is 12.1 Å². The number of aromatic nitrogens is 2. The van der Waals surface area contributed by atoms with Gasteiger partial charge in [-0.25, -0.2) is 10.8 Å². The van der Waals surface area contributed by atoms with Gasteiger partial charge >= 0.3 is 0 Å².